The van der Waals surface area contributed by atoms with Gasteiger partial charge in [0.05, 0.1) is 4.88 Å². The molecule has 1 rings (SSSR count). The number of hydrogen-bond acceptors (Lipinski definition) is 2. The molecule has 0 radical (unpaired) electrons. The number of hydrogen-bond donors (Lipinski definition) is 0. The maximum atomic E-state index is 10.5. The first-order valence-electron chi connectivity index (χ1n) is 3.90. The number of aldehydes is 1. The second-order valence-electron chi connectivity index (χ2n) is 2.53. The van der Waals surface area contributed by atoms with Gasteiger partial charge in [-0.15, -0.1) is 11.3 Å². The van der Waals surface area contributed by atoms with Crippen LogP contribution in [0.4, 0.5) is 0 Å². The van der Waals surface area contributed by atoms with Crippen molar-refractivity contribution in [1.82, 2.24) is 0 Å². The van der Waals surface area contributed by atoms with Crippen molar-refractivity contribution in [3.8, 4) is 0 Å². The van der Waals surface area contributed by atoms with Gasteiger partial charge in [0.1, 0.15) is 0 Å². The van der Waals surface area contributed by atoms with Crippen LogP contribution < -0.4 is 0 Å². The molecule has 0 bridgehead atoms. The van der Waals surface area contributed by atoms with E-state index in [4.69, 9.17) is 0 Å². The minimum Gasteiger partial charge on any atom is -0.297 e. The zero-order valence-corrected chi connectivity index (χ0v) is 7.49. The standard InChI is InChI=1S/C9H12OS/c1-2-3-4-8-5-6-11-9(8)7-10/h5-7H,2-4H2,1H3. The van der Waals surface area contributed by atoms with Gasteiger partial charge in [-0.25, -0.2) is 0 Å². The van der Waals surface area contributed by atoms with E-state index in [-0.39, 0.29) is 0 Å². The normalized spacial score (nSPS) is 9.91. The number of unbranched alkanes of at least 4 members (excludes halogenated alkanes) is 1. The third-order valence-corrected chi connectivity index (χ3v) is 2.57. The van der Waals surface area contributed by atoms with Crippen LogP contribution in [0.3, 0.4) is 0 Å². The summed E-state index contributed by atoms with van der Waals surface area (Å²) in [5.74, 6) is 0. The predicted octanol–water partition coefficient (Wildman–Crippen LogP) is 2.90. The van der Waals surface area contributed by atoms with E-state index < -0.39 is 0 Å². The lowest BCUT2D eigenvalue weighted by Gasteiger charge is -1.94. The second kappa shape index (κ2) is 4.29. The van der Waals surface area contributed by atoms with Gasteiger partial charge in [0.25, 0.3) is 0 Å². The topological polar surface area (TPSA) is 17.1 Å². The average Bonchev–Trinajstić information content (AvgIpc) is 2.47. The molecule has 0 aliphatic carbocycles. The molecule has 2 heteroatoms. The Bertz CT molecular complexity index is 227. The summed E-state index contributed by atoms with van der Waals surface area (Å²) in [5, 5.41) is 1.98. The van der Waals surface area contributed by atoms with Gasteiger partial charge in [0.15, 0.2) is 6.29 Å². The Balaban J connectivity index is 2.61. The van der Waals surface area contributed by atoms with Crippen molar-refractivity contribution in [2.24, 2.45) is 0 Å². The molecule has 0 fully saturated rings. The lowest BCUT2D eigenvalue weighted by molar-refractivity contribution is 0.112. The highest BCUT2D eigenvalue weighted by Gasteiger charge is 2.00. The summed E-state index contributed by atoms with van der Waals surface area (Å²) in [6, 6.07) is 2.05. The maximum Gasteiger partial charge on any atom is 0.160 e. The Kier molecular flexibility index (Phi) is 3.30. The highest BCUT2D eigenvalue weighted by molar-refractivity contribution is 7.11. The molecule has 0 atom stereocenters. The van der Waals surface area contributed by atoms with Crippen LogP contribution in [0.25, 0.3) is 0 Å². The molecular weight excluding hydrogens is 156 g/mol. The van der Waals surface area contributed by atoms with Crippen molar-refractivity contribution in [1.29, 1.82) is 0 Å². The first-order valence-corrected chi connectivity index (χ1v) is 4.78. The summed E-state index contributed by atoms with van der Waals surface area (Å²) >= 11 is 1.53. The molecule has 0 amide bonds. The van der Waals surface area contributed by atoms with Crippen molar-refractivity contribution >= 4 is 17.6 Å². The van der Waals surface area contributed by atoms with E-state index in [2.05, 4.69) is 6.92 Å². The van der Waals surface area contributed by atoms with Gasteiger partial charge in [-0.05, 0) is 29.9 Å². The van der Waals surface area contributed by atoms with Gasteiger partial charge in [-0.2, -0.15) is 0 Å². The fraction of sp³-hybridized carbons (Fsp3) is 0.444. The van der Waals surface area contributed by atoms with Gasteiger partial charge < -0.3 is 0 Å². The third-order valence-electron chi connectivity index (χ3n) is 1.69. The molecule has 0 saturated carbocycles. The fourth-order valence-electron chi connectivity index (χ4n) is 1.02. The van der Waals surface area contributed by atoms with Crippen LogP contribution in [0.2, 0.25) is 0 Å². The molecule has 60 valence electrons. The van der Waals surface area contributed by atoms with Crippen LogP contribution in [0.5, 0.6) is 0 Å². The van der Waals surface area contributed by atoms with Crippen LogP contribution in [0.15, 0.2) is 11.4 Å². The molecule has 0 saturated heterocycles. The summed E-state index contributed by atoms with van der Waals surface area (Å²) < 4.78 is 0. The van der Waals surface area contributed by atoms with Gasteiger partial charge in [-0.1, -0.05) is 13.3 Å². The van der Waals surface area contributed by atoms with Crippen LogP contribution in [0, 0.1) is 0 Å². The van der Waals surface area contributed by atoms with Crippen LogP contribution in [-0.2, 0) is 6.42 Å². The van der Waals surface area contributed by atoms with E-state index in [1.807, 2.05) is 11.4 Å². The summed E-state index contributed by atoms with van der Waals surface area (Å²) in [7, 11) is 0. The monoisotopic (exact) mass is 168 g/mol. The van der Waals surface area contributed by atoms with Crippen molar-refractivity contribution in [3.05, 3.63) is 21.9 Å². The van der Waals surface area contributed by atoms with Crippen molar-refractivity contribution < 1.29 is 4.79 Å². The van der Waals surface area contributed by atoms with Crippen LogP contribution in [-0.4, -0.2) is 6.29 Å². The number of carbonyl (C=O) groups is 1. The molecule has 11 heavy (non-hydrogen) atoms. The second-order valence-corrected chi connectivity index (χ2v) is 3.48. The van der Waals surface area contributed by atoms with Crippen LogP contribution >= 0.6 is 11.3 Å². The van der Waals surface area contributed by atoms with Gasteiger partial charge in [-0.3, -0.25) is 4.79 Å². The maximum absolute atomic E-state index is 10.5. The summed E-state index contributed by atoms with van der Waals surface area (Å²) in [5.41, 5.74) is 1.21. The smallest absolute Gasteiger partial charge is 0.160 e. The quantitative estimate of drug-likeness (QED) is 0.632. The molecule has 1 aromatic heterocycles. The van der Waals surface area contributed by atoms with Crippen molar-refractivity contribution in [2.75, 3.05) is 0 Å². The fourth-order valence-corrected chi connectivity index (χ4v) is 1.78. The summed E-state index contributed by atoms with van der Waals surface area (Å²) in [6.45, 7) is 2.16. The van der Waals surface area contributed by atoms with Crippen molar-refractivity contribution in [3.63, 3.8) is 0 Å². The SMILES string of the molecule is CCCCc1ccsc1C=O. The Morgan fingerprint density at radius 1 is 1.64 bits per heavy atom. The molecule has 1 aromatic rings. The van der Waals surface area contributed by atoms with E-state index >= 15 is 0 Å². The van der Waals surface area contributed by atoms with Gasteiger partial charge in [0.2, 0.25) is 0 Å². The van der Waals surface area contributed by atoms with Gasteiger partial charge >= 0.3 is 0 Å². The summed E-state index contributed by atoms with van der Waals surface area (Å²) in [6.07, 6.45) is 4.37. The molecule has 1 heterocycles. The minimum absolute atomic E-state index is 0.901. The zero-order valence-electron chi connectivity index (χ0n) is 6.67. The van der Waals surface area contributed by atoms with Crippen LogP contribution in [0.1, 0.15) is 35.0 Å². The number of aryl methyl sites for hydroxylation is 1. The lowest BCUT2D eigenvalue weighted by atomic mass is 10.1. The molecule has 0 unspecified atom stereocenters. The Morgan fingerprint density at radius 2 is 2.45 bits per heavy atom. The average molecular weight is 168 g/mol. The number of carbonyl (C=O) groups excluding carboxylic acids is 1. The lowest BCUT2D eigenvalue weighted by Crippen LogP contribution is -1.85. The minimum atomic E-state index is 0.901. The highest BCUT2D eigenvalue weighted by atomic mass is 32.1. The number of rotatable bonds is 4. The molecule has 0 aliphatic heterocycles. The zero-order chi connectivity index (χ0) is 8.10. The molecule has 1 nitrogen and oxygen atoms in total. The Morgan fingerprint density at radius 3 is 3.09 bits per heavy atom. The van der Waals surface area contributed by atoms with E-state index in [1.54, 1.807) is 0 Å². The molecule has 0 aromatic carbocycles. The highest BCUT2D eigenvalue weighted by Crippen LogP contribution is 2.16. The van der Waals surface area contributed by atoms with Crippen molar-refractivity contribution in [2.45, 2.75) is 26.2 Å². The molecule has 0 spiro atoms. The first-order chi connectivity index (χ1) is 5.38. The number of thiophene rings is 1. The van der Waals surface area contributed by atoms with E-state index in [0.717, 1.165) is 17.6 Å². The molecule has 0 N–H and O–H groups in total. The largest absolute Gasteiger partial charge is 0.297 e. The van der Waals surface area contributed by atoms with Gasteiger partial charge in [0, 0.05) is 0 Å². The predicted molar refractivity (Wildman–Crippen MR) is 48.3 cm³/mol. The van der Waals surface area contributed by atoms with E-state index in [9.17, 15) is 4.79 Å². The van der Waals surface area contributed by atoms with E-state index in [0.29, 0.717) is 0 Å². The van der Waals surface area contributed by atoms with E-state index in [1.165, 1.54) is 29.7 Å². The molecular formula is C9H12OS. The summed E-state index contributed by atoms with van der Waals surface area (Å²) in [4.78, 5) is 11.4. The molecule has 0 aliphatic rings. The first kappa shape index (κ1) is 8.47. The third kappa shape index (κ3) is 2.15. The Labute approximate surface area is 71.1 Å². The Hall–Kier alpha value is -0.630.